The van der Waals surface area contributed by atoms with E-state index in [-0.39, 0.29) is 6.10 Å². The Morgan fingerprint density at radius 3 is 2.41 bits per heavy atom. The lowest BCUT2D eigenvalue weighted by atomic mass is 10.0. The highest BCUT2D eigenvalue weighted by Crippen LogP contribution is 2.35. The van der Waals surface area contributed by atoms with Gasteiger partial charge in [-0.3, -0.25) is 0 Å². The van der Waals surface area contributed by atoms with Gasteiger partial charge in [0, 0.05) is 25.0 Å². The minimum Gasteiger partial charge on any atom is -0.497 e. The van der Waals surface area contributed by atoms with Gasteiger partial charge in [0.15, 0.2) is 0 Å². The Balaban J connectivity index is 1.75. The Labute approximate surface area is 130 Å². The zero-order valence-electron chi connectivity index (χ0n) is 13.1. The molecule has 0 radical (unpaired) electrons. The fourth-order valence-electron chi connectivity index (χ4n) is 2.79. The number of fused-ring (bicyclic) bond motifs is 1. The van der Waals surface area contributed by atoms with Gasteiger partial charge in [0.05, 0.1) is 21.3 Å². The largest absolute Gasteiger partial charge is 0.497 e. The van der Waals surface area contributed by atoms with Crippen LogP contribution in [0.3, 0.4) is 0 Å². The van der Waals surface area contributed by atoms with Crippen molar-refractivity contribution in [1.82, 2.24) is 0 Å². The molecule has 1 unspecified atom stereocenters. The normalized spacial score (nSPS) is 15.9. The summed E-state index contributed by atoms with van der Waals surface area (Å²) in [6.45, 7) is 0. The van der Waals surface area contributed by atoms with Crippen molar-refractivity contribution in [3.05, 3.63) is 47.5 Å². The van der Waals surface area contributed by atoms with Crippen LogP contribution >= 0.6 is 0 Å². The summed E-state index contributed by atoms with van der Waals surface area (Å²) in [7, 11) is 4.99. The van der Waals surface area contributed by atoms with Gasteiger partial charge in [-0.1, -0.05) is 12.1 Å². The third-order valence-corrected chi connectivity index (χ3v) is 3.96. The Morgan fingerprint density at radius 2 is 1.68 bits per heavy atom. The molecule has 1 atom stereocenters. The molecule has 0 aromatic heterocycles. The van der Waals surface area contributed by atoms with Crippen LogP contribution in [0.5, 0.6) is 23.0 Å². The fraction of sp³-hybridized carbons (Fsp3) is 0.333. The zero-order chi connectivity index (χ0) is 15.5. The molecule has 0 bridgehead atoms. The zero-order valence-corrected chi connectivity index (χ0v) is 13.1. The van der Waals surface area contributed by atoms with Crippen LogP contribution in [0.4, 0.5) is 0 Å². The van der Waals surface area contributed by atoms with Gasteiger partial charge in [0.1, 0.15) is 29.1 Å². The Kier molecular flexibility index (Phi) is 4.09. The molecule has 1 heterocycles. The second-order valence-corrected chi connectivity index (χ2v) is 5.30. The maximum atomic E-state index is 6.04. The highest BCUT2D eigenvalue weighted by molar-refractivity contribution is 5.45. The molecule has 116 valence electrons. The smallest absolute Gasteiger partial charge is 0.126 e. The van der Waals surface area contributed by atoms with Crippen LogP contribution in [-0.4, -0.2) is 27.4 Å². The lowest BCUT2D eigenvalue weighted by Crippen LogP contribution is -2.16. The van der Waals surface area contributed by atoms with Crippen LogP contribution in [0.1, 0.15) is 11.1 Å². The molecule has 0 spiro atoms. The lowest BCUT2D eigenvalue weighted by Gasteiger charge is -2.14. The van der Waals surface area contributed by atoms with Gasteiger partial charge in [-0.15, -0.1) is 0 Å². The lowest BCUT2D eigenvalue weighted by molar-refractivity contribution is 0.230. The van der Waals surface area contributed by atoms with Gasteiger partial charge in [0.2, 0.25) is 0 Å². The Bertz CT molecular complexity index is 666. The van der Waals surface area contributed by atoms with E-state index in [1.165, 1.54) is 5.56 Å². The fourth-order valence-corrected chi connectivity index (χ4v) is 2.79. The first-order chi connectivity index (χ1) is 10.7. The van der Waals surface area contributed by atoms with E-state index in [2.05, 4.69) is 6.07 Å². The predicted octanol–water partition coefficient (Wildman–Crippen LogP) is 3.26. The van der Waals surface area contributed by atoms with Crippen molar-refractivity contribution in [2.45, 2.75) is 18.9 Å². The number of rotatable bonds is 5. The van der Waals surface area contributed by atoms with E-state index in [4.69, 9.17) is 18.9 Å². The maximum absolute atomic E-state index is 6.04. The van der Waals surface area contributed by atoms with Crippen LogP contribution < -0.4 is 18.9 Å². The van der Waals surface area contributed by atoms with Crippen molar-refractivity contribution < 1.29 is 18.9 Å². The maximum Gasteiger partial charge on any atom is 0.126 e. The van der Waals surface area contributed by atoms with E-state index in [0.717, 1.165) is 41.4 Å². The predicted molar refractivity (Wildman–Crippen MR) is 84.4 cm³/mol. The van der Waals surface area contributed by atoms with Crippen LogP contribution in [0.2, 0.25) is 0 Å². The molecular formula is C18H20O4. The van der Waals surface area contributed by atoms with Crippen LogP contribution in [0.15, 0.2) is 36.4 Å². The number of hydrogen-bond donors (Lipinski definition) is 0. The van der Waals surface area contributed by atoms with E-state index in [1.807, 2.05) is 30.3 Å². The summed E-state index contributed by atoms with van der Waals surface area (Å²) in [5.74, 6) is 3.36. The average molecular weight is 300 g/mol. The molecule has 0 amide bonds. The third kappa shape index (κ3) is 2.82. The molecule has 1 aliphatic heterocycles. The van der Waals surface area contributed by atoms with Gasteiger partial charge in [-0.05, 0) is 23.3 Å². The summed E-state index contributed by atoms with van der Waals surface area (Å²) in [4.78, 5) is 0. The van der Waals surface area contributed by atoms with E-state index < -0.39 is 0 Å². The number of ether oxygens (including phenoxy) is 4. The van der Waals surface area contributed by atoms with Crippen LogP contribution in [-0.2, 0) is 12.8 Å². The molecule has 0 saturated carbocycles. The second-order valence-electron chi connectivity index (χ2n) is 5.30. The minimum atomic E-state index is 0.115. The van der Waals surface area contributed by atoms with Gasteiger partial charge in [-0.2, -0.15) is 0 Å². The molecule has 3 rings (SSSR count). The second kappa shape index (κ2) is 6.18. The number of methoxy groups -OCH3 is 3. The number of benzene rings is 2. The average Bonchev–Trinajstić information content (AvgIpc) is 2.96. The molecule has 1 aliphatic rings. The molecule has 0 N–H and O–H groups in total. The number of hydrogen-bond acceptors (Lipinski definition) is 4. The summed E-state index contributed by atoms with van der Waals surface area (Å²) in [6.07, 6.45) is 1.81. The van der Waals surface area contributed by atoms with E-state index in [1.54, 1.807) is 21.3 Å². The molecule has 4 heteroatoms. The van der Waals surface area contributed by atoms with Crippen molar-refractivity contribution in [1.29, 1.82) is 0 Å². The van der Waals surface area contributed by atoms with Crippen molar-refractivity contribution in [2.75, 3.05) is 21.3 Å². The monoisotopic (exact) mass is 300 g/mol. The van der Waals surface area contributed by atoms with Crippen molar-refractivity contribution >= 4 is 0 Å². The third-order valence-electron chi connectivity index (χ3n) is 3.96. The Hall–Kier alpha value is -2.36. The highest BCUT2D eigenvalue weighted by Gasteiger charge is 2.24. The van der Waals surface area contributed by atoms with Gasteiger partial charge < -0.3 is 18.9 Å². The van der Waals surface area contributed by atoms with E-state index in [0.29, 0.717) is 0 Å². The molecule has 0 fully saturated rings. The van der Waals surface area contributed by atoms with Crippen molar-refractivity contribution in [3.63, 3.8) is 0 Å². The summed E-state index contributed by atoms with van der Waals surface area (Å²) in [5, 5.41) is 0. The quantitative estimate of drug-likeness (QED) is 0.849. The summed E-state index contributed by atoms with van der Waals surface area (Å²) in [6, 6.07) is 11.9. The first kappa shape index (κ1) is 14.6. The Morgan fingerprint density at radius 1 is 0.955 bits per heavy atom. The molecular weight excluding hydrogens is 280 g/mol. The molecule has 0 saturated heterocycles. The molecule has 0 aliphatic carbocycles. The topological polar surface area (TPSA) is 36.9 Å². The standard InChI is InChI=1S/C18H20O4/c1-19-14-6-4-12(17(10-14)21-3)8-16-9-13-5-7-15(20-2)11-18(13)22-16/h4-7,10-11,16H,8-9H2,1-3H3. The molecule has 2 aromatic rings. The minimum absolute atomic E-state index is 0.115. The van der Waals surface area contributed by atoms with Crippen LogP contribution in [0, 0.1) is 0 Å². The van der Waals surface area contributed by atoms with E-state index in [9.17, 15) is 0 Å². The molecule has 2 aromatic carbocycles. The van der Waals surface area contributed by atoms with Gasteiger partial charge in [-0.25, -0.2) is 0 Å². The van der Waals surface area contributed by atoms with Gasteiger partial charge >= 0.3 is 0 Å². The molecule has 4 nitrogen and oxygen atoms in total. The SMILES string of the molecule is COc1ccc(CC2Cc3ccc(OC)cc3O2)c(OC)c1. The highest BCUT2D eigenvalue weighted by atomic mass is 16.5. The molecule has 22 heavy (non-hydrogen) atoms. The van der Waals surface area contributed by atoms with Crippen molar-refractivity contribution in [2.24, 2.45) is 0 Å². The van der Waals surface area contributed by atoms with Crippen molar-refractivity contribution in [3.8, 4) is 23.0 Å². The summed E-state index contributed by atoms with van der Waals surface area (Å²) in [5.41, 5.74) is 2.34. The summed E-state index contributed by atoms with van der Waals surface area (Å²) < 4.78 is 22.0. The van der Waals surface area contributed by atoms with E-state index >= 15 is 0 Å². The van der Waals surface area contributed by atoms with Gasteiger partial charge in [0.25, 0.3) is 0 Å². The first-order valence-corrected chi connectivity index (χ1v) is 7.28. The summed E-state index contributed by atoms with van der Waals surface area (Å²) >= 11 is 0. The van der Waals surface area contributed by atoms with Crippen LogP contribution in [0.25, 0.3) is 0 Å². The first-order valence-electron chi connectivity index (χ1n) is 7.28.